The Balaban J connectivity index is 1.68. The zero-order valence-electron chi connectivity index (χ0n) is 22.3. The minimum Gasteiger partial charge on any atom is -0.481 e. The number of carboxylic acids is 1. The molecule has 0 radical (unpaired) electrons. The van der Waals surface area contributed by atoms with E-state index in [2.05, 4.69) is 41.2 Å². The zero-order valence-corrected chi connectivity index (χ0v) is 22.3. The molecule has 0 aromatic carbocycles. The lowest BCUT2D eigenvalue weighted by atomic mass is 9.43. The summed E-state index contributed by atoms with van der Waals surface area (Å²) in [7, 11) is 0. The molecule has 190 valence electrons. The van der Waals surface area contributed by atoms with Gasteiger partial charge in [-0.2, -0.15) is 0 Å². The third-order valence-corrected chi connectivity index (χ3v) is 11.8. The monoisotopic (exact) mass is 470 g/mol. The topological polar surface area (TPSA) is 74.6 Å². The van der Waals surface area contributed by atoms with Crippen molar-refractivity contribution in [2.45, 2.75) is 112 Å². The standard InChI is InChI=1S/C30H46O4/c1-18(2)23(31)10-8-19(26(33)34)20-12-16-30(7)22-9-11-24-27(3,4)25(32)14-15-28(24,5)21(22)13-17-29(20,30)6/h19-20,24-25,32H,1,8-17H2,2-7H3,(H,33,34)/t19-,20-,24?,25+,28-,29-,30+/m1/s1. The second kappa shape index (κ2) is 8.32. The predicted molar refractivity (Wildman–Crippen MR) is 135 cm³/mol. The summed E-state index contributed by atoms with van der Waals surface area (Å²) in [5.41, 5.74) is 3.81. The van der Waals surface area contributed by atoms with E-state index in [-0.39, 0.29) is 45.9 Å². The molecule has 0 aromatic rings. The molecule has 4 aliphatic rings. The number of rotatable bonds is 6. The third kappa shape index (κ3) is 3.49. The average Bonchev–Trinajstić information content (AvgIpc) is 3.02. The number of fused-ring (bicyclic) bond motifs is 4. The van der Waals surface area contributed by atoms with E-state index in [0.717, 1.165) is 51.4 Å². The molecule has 0 saturated heterocycles. The maximum atomic E-state index is 12.4. The van der Waals surface area contributed by atoms with Crippen LogP contribution in [0.25, 0.3) is 0 Å². The van der Waals surface area contributed by atoms with Gasteiger partial charge in [-0.1, -0.05) is 52.3 Å². The first kappa shape index (κ1) is 25.7. The average molecular weight is 471 g/mol. The van der Waals surface area contributed by atoms with Crippen LogP contribution in [-0.4, -0.2) is 28.1 Å². The second-order valence-corrected chi connectivity index (χ2v) is 13.4. The summed E-state index contributed by atoms with van der Waals surface area (Å²) in [5, 5.41) is 21.0. The summed E-state index contributed by atoms with van der Waals surface area (Å²) in [6.07, 6.45) is 8.61. The van der Waals surface area contributed by atoms with Crippen LogP contribution >= 0.6 is 0 Å². The first-order valence-electron chi connectivity index (χ1n) is 13.5. The molecule has 0 spiro atoms. The van der Waals surface area contributed by atoms with Crippen LogP contribution < -0.4 is 0 Å². The lowest BCUT2D eigenvalue weighted by Crippen LogP contribution is -2.55. The number of aliphatic hydroxyl groups is 1. The molecular formula is C30H46O4. The molecule has 4 rings (SSSR count). The number of Topliss-reactive ketones (excluding diaryl/α,β-unsaturated/α-hetero) is 1. The number of allylic oxidation sites excluding steroid dienone is 3. The van der Waals surface area contributed by atoms with Gasteiger partial charge in [0.15, 0.2) is 5.78 Å². The number of carboxylic acid groups (broad SMARTS) is 1. The Morgan fingerprint density at radius 1 is 1.00 bits per heavy atom. The molecule has 2 fully saturated rings. The minimum absolute atomic E-state index is 0.0147. The van der Waals surface area contributed by atoms with Crippen molar-refractivity contribution in [3.8, 4) is 0 Å². The van der Waals surface area contributed by atoms with E-state index >= 15 is 0 Å². The largest absolute Gasteiger partial charge is 0.481 e. The summed E-state index contributed by atoms with van der Waals surface area (Å²) >= 11 is 0. The molecular weight excluding hydrogens is 424 g/mol. The van der Waals surface area contributed by atoms with Gasteiger partial charge >= 0.3 is 5.97 Å². The molecule has 0 aromatic heterocycles. The fourth-order valence-corrected chi connectivity index (χ4v) is 9.36. The van der Waals surface area contributed by atoms with Crippen LogP contribution in [-0.2, 0) is 9.59 Å². The molecule has 7 atom stereocenters. The summed E-state index contributed by atoms with van der Waals surface area (Å²) < 4.78 is 0. The summed E-state index contributed by atoms with van der Waals surface area (Å²) in [4.78, 5) is 24.7. The Bertz CT molecular complexity index is 928. The molecule has 2 N–H and O–H groups in total. The summed E-state index contributed by atoms with van der Waals surface area (Å²) in [5.74, 6) is -0.653. The van der Waals surface area contributed by atoms with Crippen LogP contribution in [0.2, 0.25) is 0 Å². The van der Waals surface area contributed by atoms with Gasteiger partial charge in [0.05, 0.1) is 12.0 Å². The van der Waals surface area contributed by atoms with Crippen LogP contribution in [0.15, 0.2) is 23.3 Å². The molecule has 2 saturated carbocycles. The molecule has 0 heterocycles. The van der Waals surface area contributed by atoms with Crippen molar-refractivity contribution in [3.05, 3.63) is 23.3 Å². The Labute approximate surface area is 206 Å². The SMILES string of the molecule is C=C(C)C(=O)CC[C@@H](C(=O)O)[C@H]1CC[C@@]2(C)C3=C(CC[C@]12C)[C@@]1(C)CC[C@H](O)C(C)(C)C1CC3. The van der Waals surface area contributed by atoms with E-state index in [1.54, 1.807) is 18.1 Å². The Morgan fingerprint density at radius 3 is 2.29 bits per heavy atom. The van der Waals surface area contributed by atoms with Crippen molar-refractivity contribution in [1.29, 1.82) is 0 Å². The van der Waals surface area contributed by atoms with Crippen LogP contribution in [0.5, 0.6) is 0 Å². The number of aliphatic carboxylic acids is 1. The molecule has 0 amide bonds. The molecule has 0 aliphatic heterocycles. The van der Waals surface area contributed by atoms with Gasteiger partial charge in [0.25, 0.3) is 0 Å². The molecule has 0 bridgehead atoms. The third-order valence-electron chi connectivity index (χ3n) is 11.8. The molecule has 4 nitrogen and oxygen atoms in total. The normalized spacial score (nSPS) is 41.8. The minimum atomic E-state index is -0.747. The maximum Gasteiger partial charge on any atom is 0.306 e. The van der Waals surface area contributed by atoms with E-state index in [9.17, 15) is 19.8 Å². The highest BCUT2D eigenvalue weighted by molar-refractivity contribution is 5.94. The van der Waals surface area contributed by atoms with Gasteiger partial charge in [-0.05, 0) is 104 Å². The van der Waals surface area contributed by atoms with Crippen molar-refractivity contribution < 1.29 is 19.8 Å². The van der Waals surface area contributed by atoms with Crippen LogP contribution in [0, 0.1) is 39.4 Å². The van der Waals surface area contributed by atoms with Gasteiger partial charge in [0, 0.05) is 6.42 Å². The number of aliphatic hydroxyl groups excluding tert-OH is 1. The van der Waals surface area contributed by atoms with E-state index in [1.807, 2.05) is 0 Å². The number of ketones is 1. The second-order valence-electron chi connectivity index (χ2n) is 13.4. The van der Waals surface area contributed by atoms with E-state index in [0.29, 0.717) is 17.9 Å². The first-order chi connectivity index (χ1) is 15.7. The fourth-order valence-electron chi connectivity index (χ4n) is 9.36. The quantitative estimate of drug-likeness (QED) is 0.334. The van der Waals surface area contributed by atoms with Gasteiger partial charge in [-0.15, -0.1) is 0 Å². The van der Waals surface area contributed by atoms with Crippen LogP contribution in [0.1, 0.15) is 106 Å². The van der Waals surface area contributed by atoms with Gasteiger partial charge in [-0.25, -0.2) is 0 Å². The first-order valence-corrected chi connectivity index (χ1v) is 13.5. The number of carbonyl (C=O) groups excluding carboxylic acids is 1. The maximum absolute atomic E-state index is 12.4. The van der Waals surface area contributed by atoms with Gasteiger partial charge in [0.1, 0.15) is 0 Å². The summed E-state index contributed by atoms with van der Waals surface area (Å²) in [6, 6.07) is 0. The van der Waals surface area contributed by atoms with Crippen molar-refractivity contribution in [1.82, 2.24) is 0 Å². The predicted octanol–water partition coefficient (Wildman–Crippen LogP) is 6.72. The van der Waals surface area contributed by atoms with Crippen molar-refractivity contribution in [2.75, 3.05) is 0 Å². The number of carbonyl (C=O) groups is 2. The zero-order chi connectivity index (χ0) is 25.3. The number of hydrogen-bond acceptors (Lipinski definition) is 3. The molecule has 4 aliphatic carbocycles. The fraction of sp³-hybridized carbons (Fsp3) is 0.800. The Hall–Kier alpha value is -1.42. The smallest absolute Gasteiger partial charge is 0.306 e. The highest BCUT2D eigenvalue weighted by Gasteiger charge is 2.64. The number of hydrogen-bond donors (Lipinski definition) is 2. The van der Waals surface area contributed by atoms with E-state index in [1.165, 1.54) is 0 Å². The van der Waals surface area contributed by atoms with E-state index in [4.69, 9.17) is 0 Å². The molecule has 34 heavy (non-hydrogen) atoms. The molecule has 1 unspecified atom stereocenters. The highest BCUT2D eigenvalue weighted by Crippen LogP contribution is 2.72. The van der Waals surface area contributed by atoms with Gasteiger partial charge in [0.2, 0.25) is 0 Å². The van der Waals surface area contributed by atoms with Gasteiger partial charge in [-0.3, -0.25) is 9.59 Å². The van der Waals surface area contributed by atoms with E-state index < -0.39 is 11.9 Å². The highest BCUT2D eigenvalue weighted by atomic mass is 16.4. The lowest BCUT2D eigenvalue weighted by Gasteiger charge is -2.62. The van der Waals surface area contributed by atoms with Gasteiger partial charge < -0.3 is 10.2 Å². The Morgan fingerprint density at radius 2 is 1.68 bits per heavy atom. The van der Waals surface area contributed by atoms with Crippen LogP contribution in [0.3, 0.4) is 0 Å². The van der Waals surface area contributed by atoms with Crippen molar-refractivity contribution in [3.63, 3.8) is 0 Å². The Kier molecular flexibility index (Phi) is 6.28. The summed E-state index contributed by atoms with van der Waals surface area (Å²) in [6.45, 7) is 17.2. The molecule has 4 heteroatoms. The van der Waals surface area contributed by atoms with Crippen molar-refractivity contribution >= 4 is 11.8 Å². The lowest BCUT2D eigenvalue weighted by molar-refractivity contribution is -0.147. The van der Waals surface area contributed by atoms with Crippen LogP contribution in [0.4, 0.5) is 0 Å². The van der Waals surface area contributed by atoms with Crippen molar-refractivity contribution in [2.24, 2.45) is 39.4 Å².